The van der Waals surface area contributed by atoms with E-state index < -0.39 is 0 Å². The van der Waals surface area contributed by atoms with Crippen LogP contribution in [0.25, 0.3) is 0 Å². The molecule has 3 heteroatoms. The van der Waals surface area contributed by atoms with Gasteiger partial charge in [-0.25, -0.2) is 0 Å². The van der Waals surface area contributed by atoms with Crippen LogP contribution in [0.3, 0.4) is 0 Å². The zero-order valence-electron chi connectivity index (χ0n) is 8.00. The molecule has 12 heavy (non-hydrogen) atoms. The van der Waals surface area contributed by atoms with E-state index in [1.165, 1.54) is 7.11 Å². The number of oxime groups is 1. The van der Waals surface area contributed by atoms with E-state index in [1.807, 2.05) is 6.92 Å². The Hall–Kier alpha value is -1.04. The summed E-state index contributed by atoms with van der Waals surface area (Å²) < 4.78 is 0. The number of hydrogen-bond donors (Lipinski definition) is 0. The summed E-state index contributed by atoms with van der Waals surface area (Å²) in [5.74, 6) is 0.0916. The van der Waals surface area contributed by atoms with Gasteiger partial charge in [-0.15, -0.1) is 0 Å². The van der Waals surface area contributed by atoms with E-state index in [0.29, 0.717) is 0 Å². The normalized spacial score (nSPS) is 13.7. The van der Waals surface area contributed by atoms with Crippen LogP contribution in [-0.2, 0) is 4.84 Å². The van der Waals surface area contributed by atoms with Gasteiger partial charge in [-0.2, -0.15) is 5.26 Å². The summed E-state index contributed by atoms with van der Waals surface area (Å²) in [6.07, 6.45) is 2.70. The number of nitrogens with zero attached hydrogens (tertiary/aromatic N) is 2. The second-order valence-electron chi connectivity index (χ2n) is 2.83. The van der Waals surface area contributed by atoms with Crippen molar-refractivity contribution in [3.8, 4) is 6.07 Å². The maximum atomic E-state index is 8.73. The average molecular weight is 168 g/mol. The molecule has 0 bridgehead atoms. The van der Waals surface area contributed by atoms with Crippen LogP contribution in [0.4, 0.5) is 0 Å². The van der Waals surface area contributed by atoms with Gasteiger partial charge in [0.05, 0.1) is 17.7 Å². The van der Waals surface area contributed by atoms with E-state index in [1.54, 1.807) is 0 Å². The zero-order valence-corrected chi connectivity index (χ0v) is 8.00. The van der Waals surface area contributed by atoms with Crippen molar-refractivity contribution in [3.05, 3.63) is 0 Å². The van der Waals surface area contributed by atoms with Crippen molar-refractivity contribution in [2.45, 2.75) is 33.1 Å². The van der Waals surface area contributed by atoms with Crippen LogP contribution < -0.4 is 0 Å². The third-order valence-electron chi connectivity index (χ3n) is 1.61. The molecule has 1 unspecified atom stereocenters. The van der Waals surface area contributed by atoms with E-state index in [4.69, 9.17) is 5.26 Å². The van der Waals surface area contributed by atoms with Crippen molar-refractivity contribution in [1.82, 2.24) is 0 Å². The quantitative estimate of drug-likeness (QED) is 0.467. The van der Waals surface area contributed by atoms with Crippen LogP contribution in [0, 0.1) is 17.2 Å². The molecule has 1 atom stereocenters. The first kappa shape index (κ1) is 11.0. The zero-order chi connectivity index (χ0) is 9.40. The molecule has 0 radical (unpaired) electrons. The summed E-state index contributed by atoms with van der Waals surface area (Å²) in [7, 11) is 1.52. The van der Waals surface area contributed by atoms with E-state index in [0.717, 1.165) is 25.0 Å². The van der Waals surface area contributed by atoms with Gasteiger partial charge < -0.3 is 4.84 Å². The van der Waals surface area contributed by atoms with Gasteiger partial charge in [-0.3, -0.25) is 0 Å². The molecule has 0 saturated carbocycles. The molecule has 3 nitrogen and oxygen atoms in total. The van der Waals surface area contributed by atoms with Crippen molar-refractivity contribution >= 4 is 5.71 Å². The second kappa shape index (κ2) is 6.66. The molecule has 0 aromatic rings. The lowest BCUT2D eigenvalue weighted by Gasteiger charge is -2.05. The highest BCUT2D eigenvalue weighted by molar-refractivity contribution is 5.81. The molecule has 0 fully saturated rings. The largest absolute Gasteiger partial charge is 0.399 e. The van der Waals surface area contributed by atoms with Gasteiger partial charge in [0.1, 0.15) is 7.11 Å². The Morgan fingerprint density at radius 3 is 2.75 bits per heavy atom. The SMILES string of the molecule is CCCC(C#N)C/C(C)=N/OC. The molecular formula is C9H16N2O. The highest BCUT2D eigenvalue weighted by Gasteiger charge is 2.07. The number of nitriles is 1. The molecule has 0 aliphatic rings. The lowest BCUT2D eigenvalue weighted by molar-refractivity contribution is 0.212. The van der Waals surface area contributed by atoms with Crippen molar-refractivity contribution in [1.29, 1.82) is 5.26 Å². The lowest BCUT2D eigenvalue weighted by atomic mass is 9.99. The highest BCUT2D eigenvalue weighted by atomic mass is 16.6. The summed E-state index contributed by atoms with van der Waals surface area (Å²) in [5, 5.41) is 12.5. The fraction of sp³-hybridized carbons (Fsp3) is 0.778. The molecular weight excluding hydrogens is 152 g/mol. The smallest absolute Gasteiger partial charge is 0.106 e. The molecule has 0 heterocycles. The molecule has 0 aromatic heterocycles. The highest BCUT2D eigenvalue weighted by Crippen LogP contribution is 2.10. The van der Waals surface area contributed by atoms with Crippen LogP contribution in [0.1, 0.15) is 33.1 Å². The summed E-state index contributed by atoms with van der Waals surface area (Å²) in [4.78, 5) is 4.61. The molecule has 0 spiro atoms. The first-order chi connectivity index (χ1) is 5.74. The molecule has 0 rings (SSSR count). The van der Waals surface area contributed by atoms with Crippen LogP contribution in [-0.4, -0.2) is 12.8 Å². The third-order valence-corrected chi connectivity index (χ3v) is 1.61. The van der Waals surface area contributed by atoms with Gasteiger partial charge in [-0.05, 0) is 13.3 Å². The standard InChI is InChI=1S/C9H16N2O/c1-4-5-9(7-10)6-8(2)11-12-3/h9H,4-6H2,1-3H3/b11-8+. The second-order valence-corrected chi connectivity index (χ2v) is 2.83. The Bertz CT molecular complexity index is 181. The summed E-state index contributed by atoms with van der Waals surface area (Å²) in [6.45, 7) is 3.95. The van der Waals surface area contributed by atoms with Crippen LogP contribution in [0.5, 0.6) is 0 Å². The summed E-state index contributed by atoms with van der Waals surface area (Å²) in [6, 6.07) is 2.26. The lowest BCUT2D eigenvalue weighted by Crippen LogP contribution is -2.03. The monoisotopic (exact) mass is 168 g/mol. The Morgan fingerprint density at radius 2 is 2.33 bits per heavy atom. The molecule has 0 aromatic carbocycles. The van der Waals surface area contributed by atoms with Crippen LogP contribution >= 0.6 is 0 Å². The summed E-state index contributed by atoms with van der Waals surface area (Å²) in [5.41, 5.74) is 0.887. The fourth-order valence-corrected chi connectivity index (χ4v) is 1.11. The van der Waals surface area contributed by atoms with Gasteiger partial charge in [0.2, 0.25) is 0 Å². The number of rotatable bonds is 5. The Balaban J connectivity index is 3.87. The van der Waals surface area contributed by atoms with Gasteiger partial charge in [-0.1, -0.05) is 18.5 Å². The Labute approximate surface area is 74.0 Å². The molecule has 0 N–H and O–H groups in total. The first-order valence-electron chi connectivity index (χ1n) is 4.20. The molecule has 68 valence electrons. The Morgan fingerprint density at radius 1 is 1.67 bits per heavy atom. The molecule has 0 amide bonds. The van der Waals surface area contributed by atoms with Gasteiger partial charge in [0, 0.05) is 6.42 Å². The predicted octanol–water partition coefficient (Wildman–Crippen LogP) is 2.34. The van der Waals surface area contributed by atoms with E-state index in [-0.39, 0.29) is 5.92 Å². The first-order valence-corrected chi connectivity index (χ1v) is 4.20. The van der Waals surface area contributed by atoms with Gasteiger partial charge >= 0.3 is 0 Å². The topological polar surface area (TPSA) is 45.4 Å². The van der Waals surface area contributed by atoms with Crippen molar-refractivity contribution in [3.63, 3.8) is 0 Å². The van der Waals surface area contributed by atoms with Crippen LogP contribution in [0.2, 0.25) is 0 Å². The minimum Gasteiger partial charge on any atom is -0.399 e. The fourth-order valence-electron chi connectivity index (χ4n) is 1.11. The molecule has 0 aliphatic heterocycles. The van der Waals surface area contributed by atoms with Gasteiger partial charge in [0.15, 0.2) is 0 Å². The average Bonchev–Trinajstić information content (AvgIpc) is 2.04. The Kier molecular flexibility index (Phi) is 6.08. The van der Waals surface area contributed by atoms with Gasteiger partial charge in [0.25, 0.3) is 0 Å². The number of hydrogen-bond acceptors (Lipinski definition) is 3. The maximum absolute atomic E-state index is 8.73. The van der Waals surface area contributed by atoms with Crippen LogP contribution in [0.15, 0.2) is 5.16 Å². The third kappa shape index (κ3) is 4.73. The minimum atomic E-state index is 0.0916. The van der Waals surface area contributed by atoms with E-state index in [9.17, 15) is 0 Å². The molecule has 0 saturated heterocycles. The van der Waals surface area contributed by atoms with Crippen molar-refractivity contribution in [2.24, 2.45) is 11.1 Å². The predicted molar refractivity (Wildman–Crippen MR) is 48.7 cm³/mol. The molecule has 0 aliphatic carbocycles. The van der Waals surface area contributed by atoms with E-state index in [2.05, 4.69) is 23.0 Å². The minimum absolute atomic E-state index is 0.0916. The summed E-state index contributed by atoms with van der Waals surface area (Å²) >= 11 is 0. The van der Waals surface area contributed by atoms with Crippen molar-refractivity contribution < 1.29 is 4.84 Å². The van der Waals surface area contributed by atoms with Crippen molar-refractivity contribution in [2.75, 3.05) is 7.11 Å². The maximum Gasteiger partial charge on any atom is 0.106 e. The van der Waals surface area contributed by atoms with E-state index >= 15 is 0 Å².